The van der Waals surface area contributed by atoms with Crippen molar-refractivity contribution in [2.24, 2.45) is 12.9 Å². The Morgan fingerprint density at radius 1 is 1.39 bits per heavy atom. The molecule has 0 saturated heterocycles. The molecule has 0 radical (unpaired) electrons. The van der Waals surface area contributed by atoms with Gasteiger partial charge in [-0.15, -0.1) is 0 Å². The Morgan fingerprint density at radius 2 is 2.11 bits per heavy atom. The minimum atomic E-state index is 0.346. The summed E-state index contributed by atoms with van der Waals surface area (Å²) >= 11 is 0. The number of rotatable bonds is 8. The molecule has 0 aliphatic rings. The fraction of sp³-hybridized carbons (Fsp3) is 0.769. The Hall–Kier alpha value is -0.910. The van der Waals surface area contributed by atoms with E-state index < -0.39 is 0 Å². The molecule has 1 aromatic rings. The number of nitrogens with two attached hydrogens (primary N) is 1. The monoisotopic (exact) mass is 254 g/mol. The van der Waals surface area contributed by atoms with Gasteiger partial charge >= 0.3 is 0 Å². The Balaban J connectivity index is 2.46. The number of aromatic nitrogens is 2. The minimum absolute atomic E-state index is 0.346. The second-order valence-corrected chi connectivity index (χ2v) is 4.81. The lowest BCUT2D eigenvalue weighted by Gasteiger charge is -2.15. The van der Waals surface area contributed by atoms with Crippen LogP contribution in [-0.2, 0) is 18.2 Å². The number of ether oxygens (including phenoxy) is 1. The number of hydrogen-bond acceptors (Lipinski definition) is 4. The second kappa shape index (κ2) is 7.51. The third-order valence-electron chi connectivity index (χ3n) is 3.54. The highest BCUT2D eigenvalue weighted by Crippen LogP contribution is 2.16. The van der Waals surface area contributed by atoms with Crippen molar-refractivity contribution in [1.82, 2.24) is 15.2 Å². The number of hydrazine groups is 1. The topological polar surface area (TPSA) is 65.1 Å². The molecule has 3 N–H and O–H groups in total. The van der Waals surface area contributed by atoms with Crippen molar-refractivity contribution in [3.8, 4) is 0 Å². The Labute approximate surface area is 110 Å². The van der Waals surface area contributed by atoms with Gasteiger partial charge in [0.05, 0.1) is 5.69 Å². The van der Waals surface area contributed by atoms with Crippen LogP contribution in [0.5, 0.6) is 0 Å². The summed E-state index contributed by atoms with van der Waals surface area (Å²) < 4.78 is 7.00. The van der Waals surface area contributed by atoms with Crippen LogP contribution in [0.25, 0.3) is 0 Å². The molecule has 104 valence electrons. The van der Waals surface area contributed by atoms with E-state index in [2.05, 4.69) is 24.4 Å². The minimum Gasteiger partial charge on any atom is -0.385 e. The molecule has 0 saturated carbocycles. The summed E-state index contributed by atoms with van der Waals surface area (Å²) in [6.45, 7) is 4.98. The molecule has 1 atom stereocenters. The Kier molecular flexibility index (Phi) is 6.32. The van der Waals surface area contributed by atoms with Crippen LogP contribution in [-0.4, -0.2) is 29.5 Å². The SMILES string of the molecule is COCCCC(CCc1c(C)nn(C)c1C)NN. The van der Waals surface area contributed by atoms with Gasteiger partial charge in [-0.25, -0.2) is 0 Å². The molecule has 5 nitrogen and oxygen atoms in total. The molecular weight excluding hydrogens is 228 g/mol. The number of hydrogen-bond donors (Lipinski definition) is 2. The number of nitrogens with one attached hydrogen (secondary N) is 1. The van der Waals surface area contributed by atoms with E-state index in [1.54, 1.807) is 7.11 Å². The molecular formula is C13H26N4O. The largest absolute Gasteiger partial charge is 0.385 e. The van der Waals surface area contributed by atoms with Crippen LogP contribution in [0, 0.1) is 13.8 Å². The molecule has 0 spiro atoms. The first-order valence-electron chi connectivity index (χ1n) is 6.54. The fourth-order valence-electron chi connectivity index (χ4n) is 2.28. The standard InChI is InChI=1S/C13H26N4O/c1-10-13(11(2)17(3)16-10)8-7-12(15-14)6-5-9-18-4/h12,15H,5-9,14H2,1-4H3. The van der Waals surface area contributed by atoms with Crippen molar-refractivity contribution in [3.63, 3.8) is 0 Å². The van der Waals surface area contributed by atoms with Gasteiger partial charge in [0, 0.05) is 32.5 Å². The van der Waals surface area contributed by atoms with E-state index in [1.807, 2.05) is 11.7 Å². The quantitative estimate of drug-likeness (QED) is 0.416. The van der Waals surface area contributed by atoms with Gasteiger partial charge in [-0.1, -0.05) is 0 Å². The first kappa shape index (κ1) is 15.1. The maximum Gasteiger partial charge on any atom is 0.0628 e. The molecule has 0 amide bonds. The first-order valence-corrected chi connectivity index (χ1v) is 6.54. The van der Waals surface area contributed by atoms with Crippen molar-refractivity contribution in [2.75, 3.05) is 13.7 Å². The van der Waals surface area contributed by atoms with Gasteiger partial charge in [0.15, 0.2) is 0 Å². The zero-order valence-corrected chi connectivity index (χ0v) is 12.0. The summed E-state index contributed by atoms with van der Waals surface area (Å²) in [5.41, 5.74) is 6.62. The lowest BCUT2D eigenvalue weighted by Crippen LogP contribution is -2.35. The molecule has 1 unspecified atom stereocenters. The molecule has 0 aliphatic carbocycles. The van der Waals surface area contributed by atoms with E-state index in [4.69, 9.17) is 10.6 Å². The molecule has 1 aromatic heterocycles. The molecule has 0 fully saturated rings. The average molecular weight is 254 g/mol. The molecule has 5 heteroatoms. The van der Waals surface area contributed by atoms with Gasteiger partial charge in [0.1, 0.15) is 0 Å². The van der Waals surface area contributed by atoms with Crippen LogP contribution >= 0.6 is 0 Å². The van der Waals surface area contributed by atoms with Crippen molar-refractivity contribution in [2.45, 2.75) is 45.6 Å². The van der Waals surface area contributed by atoms with Crippen molar-refractivity contribution >= 4 is 0 Å². The number of nitrogens with zero attached hydrogens (tertiary/aromatic N) is 2. The highest BCUT2D eigenvalue weighted by Gasteiger charge is 2.12. The lowest BCUT2D eigenvalue weighted by atomic mass is 10.0. The van der Waals surface area contributed by atoms with Crippen LogP contribution in [0.2, 0.25) is 0 Å². The molecule has 1 heterocycles. The van der Waals surface area contributed by atoms with E-state index in [-0.39, 0.29) is 0 Å². The van der Waals surface area contributed by atoms with Gasteiger partial charge in [-0.2, -0.15) is 5.10 Å². The molecule has 0 aromatic carbocycles. The molecule has 0 bridgehead atoms. The van der Waals surface area contributed by atoms with Gasteiger partial charge in [0.25, 0.3) is 0 Å². The van der Waals surface area contributed by atoms with Crippen molar-refractivity contribution < 1.29 is 4.74 Å². The van der Waals surface area contributed by atoms with Crippen LogP contribution in [0.15, 0.2) is 0 Å². The van der Waals surface area contributed by atoms with E-state index in [0.29, 0.717) is 6.04 Å². The molecule has 0 aliphatic heterocycles. The predicted molar refractivity (Wildman–Crippen MR) is 73.2 cm³/mol. The summed E-state index contributed by atoms with van der Waals surface area (Å²) in [6.07, 6.45) is 4.14. The Bertz CT molecular complexity index is 362. The summed E-state index contributed by atoms with van der Waals surface area (Å²) in [5.74, 6) is 5.59. The summed E-state index contributed by atoms with van der Waals surface area (Å²) in [5, 5.41) is 4.43. The fourth-order valence-corrected chi connectivity index (χ4v) is 2.28. The van der Waals surface area contributed by atoms with Gasteiger partial charge in [-0.05, 0) is 45.1 Å². The normalized spacial score (nSPS) is 12.9. The third kappa shape index (κ3) is 4.08. The second-order valence-electron chi connectivity index (χ2n) is 4.81. The summed E-state index contributed by atoms with van der Waals surface area (Å²) in [7, 11) is 3.72. The lowest BCUT2D eigenvalue weighted by molar-refractivity contribution is 0.188. The van der Waals surface area contributed by atoms with E-state index >= 15 is 0 Å². The first-order chi connectivity index (χ1) is 8.60. The van der Waals surface area contributed by atoms with Crippen LogP contribution < -0.4 is 11.3 Å². The maximum absolute atomic E-state index is 5.59. The summed E-state index contributed by atoms with van der Waals surface area (Å²) in [4.78, 5) is 0. The van der Waals surface area contributed by atoms with Crippen molar-refractivity contribution in [1.29, 1.82) is 0 Å². The summed E-state index contributed by atoms with van der Waals surface area (Å²) in [6, 6.07) is 0.346. The molecule has 18 heavy (non-hydrogen) atoms. The van der Waals surface area contributed by atoms with Gasteiger partial charge in [0.2, 0.25) is 0 Å². The van der Waals surface area contributed by atoms with Crippen molar-refractivity contribution in [3.05, 3.63) is 17.0 Å². The van der Waals surface area contributed by atoms with Gasteiger partial charge < -0.3 is 4.74 Å². The third-order valence-corrected chi connectivity index (χ3v) is 3.54. The van der Waals surface area contributed by atoms with E-state index in [9.17, 15) is 0 Å². The van der Waals surface area contributed by atoms with Crippen LogP contribution in [0.1, 0.15) is 36.2 Å². The number of aryl methyl sites for hydroxylation is 2. The van der Waals surface area contributed by atoms with Crippen LogP contribution in [0.4, 0.5) is 0 Å². The van der Waals surface area contributed by atoms with Crippen LogP contribution in [0.3, 0.4) is 0 Å². The maximum atomic E-state index is 5.59. The molecule has 1 rings (SSSR count). The highest BCUT2D eigenvalue weighted by atomic mass is 16.5. The van der Waals surface area contributed by atoms with E-state index in [0.717, 1.165) is 38.0 Å². The highest BCUT2D eigenvalue weighted by molar-refractivity contribution is 5.24. The average Bonchev–Trinajstić information content (AvgIpc) is 2.59. The zero-order chi connectivity index (χ0) is 13.5. The smallest absolute Gasteiger partial charge is 0.0628 e. The zero-order valence-electron chi connectivity index (χ0n) is 12.0. The van der Waals surface area contributed by atoms with E-state index in [1.165, 1.54) is 11.3 Å². The Morgan fingerprint density at radius 3 is 2.61 bits per heavy atom. The predicted octanol–water partition coefficient (Wildman–Crippen LogP) is 1.23. The number of methoxy groups -OCH3 is 1. The van der Waals surface area contributed by atoms with Gasteiger partial charge in [-0.3, -0.25) is 16.0 Å².